The van der Waals surface area contributed by atoms with Crippen molar-refractivity contribution < 1.29 is 14.7 Å². The maximum atomic E-state index is 12.5. The minimum atomic E-state index is -0.872. The molecule has 4 rings (SSSR count). The van der Waals surface area contributed by atoms with E-state index in [9.17, 15) is 20.0 Å². The maximum Gasteiger partial charge on any atom is 0.161 e. The lowest BCUT2D eigenvalue weighted by atomic mass is 9.43. The Labute approximate surface area is 143 Å². The number of rotatable bonds is 0. The second-order valence-corrected chi connectivity index (χ2v) is 9.27. The summed E-state index contributed by atoms with van der Waals surface area (Å²) in [6.07, 6.45) is 4.37. The van der Waals surface area contributed by atoms with Gasteiger partial charge in [-0.3, -0.25) is 9.59 Å². The summed E-state index contributed by atoms with van der Waals surface area (Å²) in [6, 6.07) is 2.48. The van der Waals surface area contributed by atoms with Crippen LogP contribution in [0, 0.1) is 51.8 Å². The molecule has 130 valence electrons. The number of Topliss-reactive ketones (excluding diaryl/α,β-unsaturated/α-hetero) is 2. The number of nitriles is 1. The summed E-state index contributed by atoms with van der Waals surface area (Å²) >= 11 is 0. The molecule has 0 aromatic carbocycles. The standard InChI is InChI=1S/C20H27NO3/c1-19-6-5-14-12(13(19)3-4-18(19)24)7-11(10-21)15-8-16(22)17(23)9-20(14,15)2/h11-15,17,23H,3-9H2,1-2H3/t11-,12-,13-,14-,15?,17?,19-,20+/m0/s1. The van der Waals surface area contributed by atoms with Gasteiger partial charge in [0, 0.05) is 18.3 Å². The van der Waals surface area contributed by atoms with Gasteiger partial charge in [0.05, 0.1) is 12.0 Å². The zero-order chi connectivity index (χ0) is 17.3. The van der Waals surface area contributed by atoms with E-state index in [4.69, 9.17) is 0 Å². The molecule has 4 saturated carbocycles. The smallest absolute Gasteiger partial charge is 0.161 e. The van der Waals surface area contributed by atoms with Gasteiger partial charge in [0.1, 0.15) is 11.9 Å². The van der Waals surface area contributed by atoms with Crippen LogP contribution in [0.25, 0.3) is 0 Å². The van der Waals surface area contributed by atoms with Gasteiger partial charge < -0.3 is 5.11 Å². The van der Waals surface area contributed by atoms with Crippen LogP contribution >= 0.6 is 0 Å². The number of carbonyl (C=O) groups excluding carboxylic acids is 2. The topological polar surface area (TPSA) is 78.2 Å². The number of hydrogen-bond acceptors (Lipinski definition) is 4. The second-order valence-electron chi connectivity index (χ2n) is 9.27. The molecule has 0 aromatic rings. The highest BCUT2D eigenvalue weighted by Crippen LogP contribution is 2.66. The molecule has 4 aliphatic carbocycles. The molecule has 0 amide bonds. The number of fused-ring (bicyclic) bond motifs is 5. The van der Waals surface area contributed by atoms with Crippen LogP contribution in [-0.4, -0.2) is 22.8 Å². The summed E-state index contributed by atoms with van der Waals surface area (Å²) < 4.78 is 0. The summed E-state index contributed by atoms with van der Waals surface area (Å²) in [4.78, 5) is 24.5. The van der Waals surface area contributed by atoms with Crippen molar-refractivity contribution in [3.8, 4) is 6.07 Å². The van der Waals surface area contributed by atoms with E-state index >= 15 is 0 Å². The fraction of sp³-hybridized carbons (Fsp3) is 0.850. The van der Waals surface area contributed by atoms with Crippen LogP contribution in [0.4, 0.5) is 0 Å². The molecule has 4 heteroatoms. The molecular weight excluding hydrogens is 302 g/mol. The summed E-state index contributed by atoms with van der Waals surface area (Å²) in [6.45, 7) is 4.34. The normalized spacial score (nSPS) is 53.8. The molecule has 2 unspecified atom stereocenters. The second kappa shape index (κ2) is 5.14. The molecule has 0 radical (unpaired) electrons. The van der Waals surface area contributed by atoms with Gasteiger partial charge in [-0.2, -0.15) is 5.26 Å². The van der Waals surface area contributed by atoms with Crippen LogP contribution in [0.3, 0.4) is 0 Å². The SMILES string of the molecule is C[C@]12CC(O)C(=O)CC1[C@H](C#N)C[C@@H]1[C@@H]2CC[C@]2(C)C(=O)CC[C@@H]12. The average molecular weight is 329 g/mol. The molecule has 24 heavy (non-hydrogen) atoms. The molecule has 0 aliphatic heterocycles. The van der Waals surface area contributed by atoms with E-state index in [1.54, 1.807) is 0 Å². The number of ketones is 2. The van der Waals surface area contributed by atoms with Crippen LogP contribution < -0.4 is 0 Å². The van der Waals surface area contributed by atoms with E-state index in [1.165, 1.54) is 0 Å². The van der Waals surface area contributed by atoms with Crippen LogP contribution in [0.15, 0.2) is 0 Å². The van der Waals surface area contributed by atoms with Gasteiger partial charge in [0.25, 0.3) is 0 Å². The predicted molar refractivity (Wildman–Crippen MR) is 87.6 cm³/mol. The minimum Gasteiger partial charge on any atom is -0.385 e. The number of aliphatic hydroxyl groups is 1. The van der Waals surface area contributed by atoms with Crippen molar-refractivity contribution in [3.05, 3.63) is 0 Å². The molecule has 0 aromatic heterocycles. The fourth-order valence-electron chi connectivity index (χ4n) is 7.10. The first-order valence-corrected chi connectivity index (χ1v) is 9.45. The van der Waals surface area contributed by atoms with Gasteiger partial charge in [-0.1, -0.05) is 13.8 Å². The van der Waals surface area contributed by atoms with E-state index < -0.39 is 6.10 Å². The Bertz CT molecular complexity index is 637. The lowest BCUT2D eigenvalue weighted by molar-refractivity contribution is -0.161. The van der Waals surface area contributed by atoms with Crippen molar-refractivity contribution in [1.29, 1.82) is 5.26 Å². The quantitative estimate of drug-likeness (QED) is 0.741. The first kappa shape index (κ1) is 16.3. The third-order valence-electron chi connectivity index (χ3n) is 8.44. The van der Waals surface area contributed by atoms with Crippen molar-refractivity contribution in [1.82, 2.24) is 0 Å². The highest BCUT2D eigenvalue weighted by atomic mass is 16.3. The fourth-order valence-corrected chi connectivity index (χ4v) is 7.10. The molecule has 4 aliphatic rings. The number of hydrogen-bond donors (Lipinski definition) is 1. The molecule has 4 nitrogen and oxygen atoms in total. The van der Waals surface area contributed by atoms with Gasteiger partial charge in [-0.05, 0) is 61.2 Å². The summed E-state index contributed by atoms with van der Waals surface area (Å²) in [5.74, 6) is 1.47. The lowest BCUT2D eigenvalue weighted by Gasteiger charge is -2.60. The minimum absolute atomic E-state index is 0.0705. The van der Waals surface area contributed by atoms with Gasteiger partial charge >= 0.3 is 0 Å². The molecule has 0 bridgehead atoms. The first-order valence-electron chi connectivity index (χ1n) is 9.45. The van der Waals surface area contributed by atoms with Gasteiger partial charge in [-0.15, -0.1) is 0 Å². The van der Waals surface area contributed by atoms with E-state index in [0.29, 0.717) is 42.8 Å². The predicted octanol–water partition coefficient (Wildman–Crippen LogP) is 2.89. The Balaban J connectivity index is 1.73. The molecule has 4 fully saturated rings. The number of nitrogens with zero attached hydrogens (tertiary/aromatic N) is 1. The van der Waals surface area contributed by atoms with Gasteiger partial charge in [-0.25, -0.2) is 0 Å². The average Bonchev–Trinajstić information content (AvgIpc) is 2.84. The number of aliphatic hydroxyl groups excluding tert-OH is 1. The summed E-state index contributed by atoms with van der Waals surface area (Å²) in [7, 11) is 0. The molecule has 8 atom stereocenters. The highest BCUT2D eigenvalue weighted by Gasteiger charge is 2.63. The van der Waals surface area contributed by atoms with Crippen molar-refractivity contribution in [3.63, 3.8) is 0 Å². The van der Waals surface area contributed by atoms with E-state index in [2.05, 4.69) is 19.9 Å². The molecule has 0 saturated heterocycles. The van der Waals surface area contributed by atoms with Crippen molar-refractivity contribution in [2.24, 2.45) is 40.4 Å². The molecule has 0 heterocycles. The third-order valence-corrected chi connectivity index (χ3v) is 8.44. The van der Waals surface area contributed by atoms with Crippen LogP contribution in [0.1, 0.15) is 58.8 Å². The van der Waals surface area contributed by atoms with Crippen molar-refractivity contribution in [2.45, 2.75) is 64.9 Å². The van der Waals surface area contributed by atoms with E-state index in [0.717, 1.165) is 25.7 Å². The zero-order valence-corrected chi connectivity index (χ0v) is 14.6. The molecule has 0 spiro atoms. The zero-order valence-electron chi connectivity index (χ0n) is 14.6. The molecular formula is C20H27NO3. The van der Waals surface area contributed by atoms with Crippen molar-refractivity contribution in [2.75, 3.05) is 0 Å². The van der Waals surface area contributed by atoms with Gasteiger partial charge in [0.2, 0.25) is 0 Å². The first-order chi connectivity index (χ1) is 11.3. The lowest BCUT2D eigenvalue weighted by Crippen LogP contribution is -2.58. The highest BCUT2D eigenvalue weighted by molar-refractivity contribution is 5.87. The maximum absolute atomic E-state index is 12.5. The Morgan fingerprint density at radius 2 is 1.92 bits per heavy atom. The van der Waals surface area contributed by atoms with Crippen LogP contribution in [0.2, 0.25) is 0 Å². The van der Waals surface area contributed by atoms with Crippen LogP contribution in [-0.2, 0) is 9.59 Å². The Kier molecular flexibility index (Phi) is 3.49. The van der Waals surface area contributed by atoms with E-state index in [-0.39, 0.29) is 28.4 Å². The number of carbonyl (C=O) groups is 2. The Morgan fingerprint density at radius 1 is 1.17 bits per heavy atom. The van der Waals surface area contributed by atoms with E-state index in [1.807, 2.05) is 0 Å². The summed E-state index contributed by atoms with van der Waals surface area (Å²) in [5, 5.41) is 20.0. The largest absolute Gasteiger partial charge is 0.385 e. The Hall–Kier alpha value is -1.21. The van der Waals surface area contributed by atoms with Gasteiger partial charge in [0.15, 0.2) is 5.78 Å². The monoisotopic (exact) mass is 329 g/mol. The van der Waals surface area contributed by atoms with Crippen LogP contribution in [0.5, 0.6) is 0 Å². The summed E-state index contributed by atoms with van der Waals surface area (Å²) in [5.41, 5.74) is -0.350. The molecule has 1 N–H and O–H groups in total. The third kappa shape index (κ3) is 1.94. The van der Waals surface area contributed by atoms with Crippen molar-refractivity contribution >= 4 is 11.6 Å². The Morgan fingerprint density at radius 3 is 2.62 bits per heavy atom.